The zero-order valence-electron chi connectivity index (χ0n) is 20.5. The summed E-state index contributed by atoms with van der Waals surface area (Å²) in [4.78, 5) is 45.2. The second kappa shape index (κ2) is 10.3. The van der Waals surface area contributed by atoms with Crippen LogP contribution in [0.4, 0.5) is 0 Å². The van der Waals surface area contributed by atoms with E-state index in [1.54, 1.807) is 23.5 Å². The van der Waals surface area contributed by atoms with Crippen molar-refractivity contribution in [3.05, 3.63) is 89.8 Å². The average Bonchev–Trinajstić information content (AvgIpc) is 3.33. The minimum Gasteiger partial charge on any atom is -0.347 e. The lowest BCUT2D eigenvalue weighted by molar-refractivity contribution is -0.142. The fourth-order valence-electron chi connectivity index (χ4n) is 4.91. The third-order valence-electron chi connectivity index (χ3n) is 6.83. The van der Waals surface area contributed by atoms with Crippen LogP contribution in [0.2, 0.25) is 0 Å². The molecule has 1 aromatic carbocycles. The van der Waals surface area contributed by atoms with Gasteiger partial charge in [0.05, 0.1) is 24.0 Å². The third-order valence-corrected chi connectivity index (χ3v) is 6.83. The number of hydrogen-bond acceptors (Lipinski definition) is 5. The molecule has 0 fully saturated rings. The Bertz CT molecular complexity index is 1370. The molecule has 4 aromatic rings. The van der Waals surface area contributed by atoms with Crippen LogP contribution < -0.4 is 5.32 Å². The van der Waals surface area contributed by atoms with Gasteiger partial charge in [-0.1, -0.05) is 44.2 Å². The lowest BCUT2D eigenvalue weighted by Crippen LogP contribution is -2.53. The maximum atomic E-state index is 13.7. The molecule has 0 radical (unpaired) electrons. The molecule has 0 aliphatic carbocycles. The van der Waals surface area contributed by atoms with Gasteiger partial charge in [-0.25, -0.2) is 4.98 Å². The van der Waals surface area contributed by atoms with Gasteiger partial charge >= 0.3 is 0 Å². The number of amides is 2. The van der Waals surface area contributed by atoms with Gasteiger partial charge in [0.1, 0.15) is 11.7 Å². The molecule has 0 saturated heterocycles. The standard InChI is InChI=1S/C28H30N6O2/c1-18(2)26(19-7-4-3-5-8-19)33-28(36)24-15-22-23(30-14-13-29-22)17-34(24)25(35)11-10-20-16-32-27-21(20)9-6-12-31-27/h3-9,12-14,16,18,24,26H,10-11,15,17H2,1-2H3,(H,31,32)(H,33,36)/t24?,26-/m1/s1. The highest BCUT2D eigenvalue weighted by atomic mass is 16.2. The van der Waals surface area contributed by atoms with Crippen molar-refractivity contribution in [2.75, 3.05) is 0 Å². The topological polar surface area (TPSA) is 104 Å². The van der Waals surface area contributed by atoms with E-state index in [0.717, 1.165) is 33.5 Å². The van der Waals surface area contributed by atoms with Gasteiger partial charge in [0.15, 0.2) is 0 Å². The van der Waals surface area contributed by atoms with Gasteiger partial charge < -0.3 is 15.2 Å². The number of nitrogens with one attached hydrogen (secondary N) is 2. The van der Waals surface area contributed by atoms with Crippen LogP contribution in [0.25, 0.3) is 11.0 Å². The molecule has 2 amide bonds. The Morgan fingerprint density at radius 3 is 2.58 bits per heavy atom. The Morgan fingerprint density at radius 2 is 1.81 bits per heavy atom. The van der Waals surface area contributed by atoms with Gasteiger partial charge in [-0.2, -0.15) is 0 Å². The maximum Gasteiger partial charge on any atom is 0.243 e. The zero-order valence-corrected chi connectivity index (χ0v) is 20.5. The minimum atomic E-state index is -0.642. The van der Waals surface area contributed by atoms with Gasteiger partial charge in [-0.05, 0) is 35.6 Å². The van der Waals surface area contributed by atoms with Crippen molar-refractivity contribution in [1.82, 2.24) is 30.2 Å². The normalized spacial score (nSPS) is 16.1. The Labute approximate surface area is 210 Å². The predicted octanol–water partition coefficient (Wildman–Crippen LogP) is 3.75. The van der Waals surface area contributed by atoms with Gasteiger partial charge in [-0.3, -0.25) is 19.6 Å². The second-order valence-electron chi connectivity index (χ2n) is 9.55. The van der Waals surface area contributed by atoms with E-state index in [4.69, 9.17) is 0 Å². The van der Waals surface area contributed by atoms with E-state index in [1.165, 1.54) is 0 Å². The van der Waals surface area contributed by atoms with Crippen LogP contribution in [-0.4, -0.2) is 42.7 Å². The van der Waals surface area contributed by atoms with Crippen molar-refractivity contribution in [3.8, 4) is 0 Å². The highest BCUT2D eigenvalue weighted by Gasteiger charge is 2.37. The number of nitrogens with zero attached hydrogens (tertiary/aromatic N) is 4. The molecule has 2 atom stereocenters. The van der Waals surface area contributed by atoms with Gasteiger partial charge in [0.25, 0.3) is 0 Å². The van der Waals surface area contributed by atoms with E-state index < -0.39 is 6.04 Å². The summed E-state index contributed by atoms with van der Waals surface area (Å²) in [5.41, 5.74) is 4.40. The Balaban J connectivity index is 1.37. The van der Waals surface area contributed by atoms with Gasteiger partial charge in [0, 0.05) is 43.0 Å². The first-order chi connectivity index (χ1) is 17.5. The number of H-pyrrole nitrogens is 1. The highest BCUT2D eigenvalue weighted by molar-refractivity contribution is 5.89. The van der Waals surface area contributed by atoms with Crippen molar-refractivity contribution in [2.24, 2.45) is 5.92 Å². The second-order valence-corrected chi connectivity index (χ2v) is 9.55. The number of aromatic nitrogens is 4. The lowest BCUT2D eigenvalue weighted by Gasteiger charge is -2.36. The molecule has 1 aliphatic rings. The lowest BCUT2D eigenvalue weighted by atomic mass is 9.94. The highest BCUT2D eigenvalue weighted by Crippen LogP contribution is 2.26. The molecule has 1 aliphatic heterocycles. The van der Waals surface area contributed by atoms with E-state index in [1.807, 2.05) is 48.7 Å². The fourth-order valence-corrected chi connectivity index (χ4v) is 4.91. The summed E-state index contributed by atoms with van der Waals surface area (Å²) >= 11 is 0. The number of benzene rings is 1. The van der Waals surface area contributed by atoms with Crippen LogP contribution in [-0.2, 0) is 29.0 Å². The van der Waals surface area contributed by atoms with Crippen molar-refractivity contribution in [1.29, 1.82) is 0 Å². The molecule has 2 N–H and O–H groups in total. The minimum absolute atomic E-state index is 0.0782. The summed E-state index contributed by atoms with van der Waals surface area (Å²) in [6.45, 7) is 4.43. The Hall–Kier alpha value is -4.07. The molecule has 1 unspecified atom stereocenters. The molecule has 184 valence electrons. The first kappa shape index (κ1) is 23.7. The van der Waals surface area contributed by atoms with Crippen LogP contribution >= 0.6 is 0 Å². The largest absolute Gasteiger partial charge is 0.347 e. The Morgan fingerprint density at radius 1 is 1.03 bits per heavy atom. The number of rotatable bonds is 7. The van der Waals surface area contributed by atoms with Crippen LogP contribution in [0.3, 0.4) is 0 Å². The number of carbonyl (C=O) groups is 2. The monoisotopic (exact) mass is 482 g/mol. The predicted molar refractivity (Wildman–Crippen MR) is 137 cm³/mol. The first-order valence-electron chi connectivity index (χ1n) is 12.4. The summed E-state index contributed by atoms with van der Waals surface area (Å²) in [7, 11) is 0. The van der Waals surface area contributed by atoms with Crippen LogP contribution in [0.15, 0.2) is 67.3 Å². The molecule has 0 bridgehead atoms. The molecular formula is C28H30N6O2. The molecule has 0 saturated carbocycles. The van der Waals surface area contributed by atoms with Crippen molar-refractivity contribution in [3.63, 3.8) is 0 Å². The summed E-state index contributed by atoms with van der Waals surface area (Å²) in [6, 6.07) is 13.0. The van der Waals surface area contributed by atoms with E-state index >= 15 is 0 Å². The van der Waals surface area contributed by atoms with E-state index in [2.05, 4.69) is 39.1 Å². The number of carbonyl (C=O) groups excluding carboxylic acids is 2. The smallest absolute Gasteiger partial charge is 0.243 e. The molecule has 8 heteroatoms. The third kappa shape index (κ3) is 4.84. The number of aryl methyl sites for hydroxylation is 1. The van der Waals surface area contributed by atoms with Crippen LogP contribution in [0, 0.1) is 5.92 Å². The maximum absolute atomic E-state index is 13.7. The quantitative estimate of drug-likeness (QED) is 0.418. The van der Waals surface area contributed by atoms with Crippen molar-refractivity contribution in [2.45, 2.75) is 51.7 Å². The number of aromatic amines is 1. The number of fused-ring (bicyclic) bond motifs is 2. The zero-order chi connectivity index (χ0) is 25.1. The number of pyridine rings is 1. The molecular weight excluding hydrogens is 452 g/mol. The molecule has 5 rings (SSSR count). The van der Waals surface area contributed by atoms with Crippen LogP contribution in [0.5, 0.6) is 0 Å². The van der Waals surface area contributed by atoms with E-state index in [9.17, 15) is 9.59 Å². The van der Waals surface area contributed by atoms with E-state index in [-0.39, 0.29) is 36.7 Å². The van der Waals surface area contributed by atoms with Gasteiger partial charge in [-0.15, -0.1) is 0 Å². The molecule has 4 heterocycles. The summed E-state index contributed by atoms with van der Waals surface area (Å²) in [5.74, 6) is -0.0596. The molecule has 0 spiro atoms. The summed E-state index contributed by atoms with van der Waals surface area (Å²) < 4.78 is 0. The molecule has 3 aromatic heterocycles. The summed E-state index contributed by atoms with van der Waals surface area (Å²) in [6.07, 6.45) is 8.09. The van der Waals surface area contributed by atoms with Crippen LogP contribution in [0.1, 0.15) is 48.8 Å². The summed E-state index contributed by atoms with van der Waals surface area (Å²) in [5, 5.41) is 4.23. The molecule has 8 nitrogen and oxygen atoms in total. The average molecular weight is 483 g/mol. The Kier molecular flexibility index (Phi) is 6.75. The van der Waals surface area contributed by atoms with E-state index in [0.29, 0.717) is 12.8 Å². The van der Waals surface area contributed by atoms with Gasteiger partial charge in [0.2, 0.25) is 11.8 Å². The number of hydrogen-bond donors (Lipinski definition) is 2. The fraction of sp³-hybridized carbons (Fsp3) is 0.321. The van der Waals surface area contributed by atoms with Crippen molar-refractivity contribution >= 4 is 22.8 Å². The SMILES string of the molecule is CC(C)[C@@H](NC(=O)C1Cc2nccnc2CN1C(=O)CCc1c[nH]c2ncccc12)c1ccccc1. The van der Waals surface area contributed by atoms with Crippen molar-refractivity contribution < 1.29 is 9.59 Å². The molecule has 36 heavy (non-hydrogen) atoms. The first-order valence-corrected chi connectivity index (χ1v) is 12.4.